The van der Waals surface area contributed by atoms with Crippen molar-refractivity contribution in [1.29, 1.82) is 0 Å². The van der Waals surface area contributed by atoms with Crippen LogP contribution in [-0.4, -0.2) is 38.7 Å². The number of H-pyrrole nitrogens is 1. The van der Waals surface area contributed by atoms with E-state index in [2.05, 4.69) is 10.2 Å². The number of rotatable bonds is 2. The number of nitrogens with zero attached hydrogens (tertiary/aromatic N) is 3. The van der Waals surface area contributed by atoms with Gasteiger partial charge >= 0.3 is 0 Å². The number of piperidine rings is 1. The van der Waals surface area contributed by atoms with Crippen molar-refractivity contribution in [1.82, 2.24) is 19.7 Å². The molecule has 0 saturated carbocycles. The fourth-order valence-corrected chi connectivity index (χ4v) is 2.87. The third-order valence-corrected chi connectivity index (χ3v) is 3.92. The zero-order chi connectivity index (χ0) is 14.1. The summed E-state index contributed by atoms with van der Waals surface area (Å²) in [7, 11) is 1.85. The molecule has 3 N–H and O–H groups in total. The van der Waals surface area contributed by atoms with Crippen LogP contribution < -0.4 is 5.73 Å². The Hall–Kier alpha value is -2.24. The maximum atomic E-state index is 12.6. The van der Waals surface area contributed by atoms with Crippen LogP contribution in [0.1, 0.15) is 34.9 Å². The highest BCUT2D eigenvalue weighted by Crippen LogP contribution is 2.26. The van der Waals surface area contributed by atoms with Crippen molar-refractivity contribution in [3.63, 3.8) is 0 Å². The molecule has 1 saturated heterocycles. The molecule has 2 aromatic rings. The van der Waals surface area contributed by atoms with Gasteiger partial charge in [-0.25, -0.2) is 0 Å². The first kappa shape index (κ1) is 12.8. The molecule has 20 heavy (non-hydrogen) atoms. The van der Waals surface area contributed by atoms with Gasteiger partial charge in [-0.3, -0.25) is 9.89 Å². The maximum Gasteiger partial charge on any atom is 0.270 e. The molecule has 3 rings (SSSR count). The lowest BCUT2D eigenvalue weighted by atomic mass is 9.95. The number of aryl methyl sites for hydroxylation is 1. The number of likely N-dealkylation sites (tertiary alicyclic amines) is 1. The number of anilines is 1. The number of nitrogens with two attached hydrogens (primary N) is 1. The maximum absolute atomic E-state index is 12.6. The molecule has 0 bridgehead atoms. The highest BCUT2D eigenvalue weighted by Gasteiger charge is 2.27. The van der Waals surface area contributed by atoms with Gasteiger partial charge in [0, 0.05) is 44.1 Å². The third-order valence-electron chi connectivity index (χ3n) is 3.92. The predicted octanol–water partition coefficient (Wildman–Crippen LogP) is 1.35. The molecule has 0 aliphatic carbocycles. The molecule has 1 unspecified atom stereocenters. The molecule has 0 aromatic carbocycles. The highest BCUT2D eigenvalue weighted by atomic mass is 16.2. The van der Waals surface area contributed by atoms with Crippen LogP contribution in [0.5, 0.6) is 0 Å². The van der Waals surface area contributed by atoms with Crippen LogP contribution >= 0.6 is 0 Å². The van der Waals surface area contributed by atoms with Crippen molar-refractivity contribution in [3.05, 3.63) is 35.9 Å². The molecule has 1 aliphatic heterocycles. The number of nitrogens with one attached hydrogen (secondary N) is 1. The summed E-state index contributed by atoms with van der Waals surface area (Å²) < 4.78 is 1.79. The van der Waals surface area contributed by atoms with Crippen LogP contribution in [-0.2, 0) is 7.05 Å². The summed E-state index contributed by atoms with van der Waals surface area (Å²) in [5.74, 6) is 0.390. The van der Waals surface area contributed by atoms with E-state index in [1.807, 2.05) is 18.0 Å². The molecule has 3 heterocycles. The van der Waals surface area contributed by atoms with E-state index in [9.17, 15) is 4.79 Å². The van der Waals surface area contributed by atoms with Gasteiger partial charge in [0.15, 0.2) is 0 Å². The number of carbonyl (C=O) groups excluding carboxylic acids is 1. The Labute approximate surface area is 117 Å². The smallest absolute Gasteiger partial charge is 0.270 e. The lowest BCUT2D eigenvalue weighted by molar-refractivity contribution is 0.0696. The van der Waals surface area contributed by atoms with Gasteiger partial charge in [-0.15, -0.1) is 0 Å². The summed E-state index contributed by atoms with van der Waals surface area (Å²) in [6.07, 6.45) is 5.62. The average molecular weight is 273 g/mol. The van der Waals surface area contributed by atoms with Crippen molar-refractivity contribution in [2.45, 2.75) is 18.8 Å². The van der Waals surface area contributed by atoms with E-state index in [1.165, 1.54) is 0 Å². The van der Waals surface area contributed by atoms with E-state index < -0.39 is 0 Å². The van der Waals surface area contributed by atoms with Crippen molar-refractivity contribution < 1.29 is 4.79 Å². The van der Waals surface area contributed by atoms with E-state index in [0.717, 1.165) is 31.6 Å². The Morgan fingerprint density at radius 2 is 2.40 bits per heavy atom. The summed E-state index contributed by atoms with van der Waals surface area (Å²) >= 11 is 0. The highest BCUT2D eigenvalue weighted by molar-refractivity contribution is 5.93. The number of nitrogen functional groups attached to an aromatic ring is 1. The largest absolute Gasteiger partial charge is 0.397 e. The quantitative estimate of drug-likeness (QED) is 0.866. The Kier molecular flexibility index (Phi) is 3.22. The van der Waals surface area contributed by atoms with Gasteiger partial charge in [0.25, 0.3) is 5.91 Å². The normalized spacial score (nSPS) is 19.2. The SMILES string of the molecule is Cn1cc(N)cc1C(=O)N1CCCC(c2ccn[nH]2)C1. The van der Waals surface area contributed by atoms with Crippen LogP contribution in [0.25, 0.3) is 0 Å². The first-order valence-corrected chi connectivity index (χ1v) is 6.85. The minimum atomic E-state index is 0.0495. The summed E-state index contributed by atoms with van der Waals surface area (Å²) in [4.78, 5) is 14.5. The van der Waals surface area contributed by atoms with Crippen molar-refractivity contribution in [3.8, 4) is 0 Å². The molecule has 0 radical (unpaired) electrons. The number of carbonyl (C=O) groups is 1. The van der Waals surface area contributed by atoms with Crippen LogP contribution in [0, 0.1) is 0 Å². The van der Waals surface area contributed by atoms with Crippen molar-refractivity contribution >= 4 is 11.6 Å². The first-order chi connectivity index (χ1) is 9.65. The molecular weight excluding hydrogens is 254 g/mol. The van der Waals surface area contributed by atoms with Crippen molar-refractivity contribution in [2.75, 3.05) is 18.8 Å². The number of amides is 1. The molecule has 1 aliphatic rings. The molecule has 106 valence electrons. The minimum absolute atomic E-state index is 0.0495. The topological polar surface area (TPSA) is 79.9 Å². The number of hydrogen-bond acceptors (Lipinski definition) is 3. The fourth-order valence-electron chi connectivity index (χ4n) is 2.87. The lowest BCUT2D eigenvalue weighted by Crippen LogP contribution is -2.39. The number of aromatic amines is 1. The second kappa shape index (κ2) is 5.03. The van der Waals surface area contributed by atoms with Gasteiger partial charge in [-0.05, 0) is 25.0 Å². The summed E-state index contributed by atoms with van der Waals surface area (Å²) in [6.45, 7) is 1.53. The standard InChI is InChI=1S/C14H19N5O/c1-18-9-11(15)7-13(18)14(20)19-6-2-3-10(8-19)12-4-5-16-17-12/h4-5,7,9-10H,2-3,6,8,15H2,1H3,(H,16,17). The lowest BCUT2D eigenvalue weighted by Gasteiger charge is -2.32. The predicted molar refractivity (Wildman–Crippen MR) is 76.3 cm³/mol. The van der Waals surface area contributed by atoms with Gasteiger partial charge < -0.3 is 15.2 Å². The van der Waals surface area contributed by atoms with Gasteiger partial charge in [-0.2, -0.15) is 5.10 Å². The summed E-state index contributed by atoms with van der Waals surface area (Å²) in [6, 6.07) is 3.72. The Morgan fingerprint density at radius 1 is 1.55 bits per heavy atom. The molecule has 1 amide bonds. The monoisotopic (exact) mass is 273 g/mol. The Balaban J connectivity index is 1.77. The van der Waals surface area contributed by atoms with E-state index >= 15 is 0 Å². The van der Waals surface area contributed by atoms with Gasteiger partial charge in [-0.1, -0.05) is 0 Å². The average Bonchev–Trinajstić information content (AvgIpc) is 3.08. The summed E-state index contributed by atoms with van der Waals surface area (Å²) in [5.41, 5.74) is 8.12. The molecule has 1 fully saturated rings. The summed E-state index contributed by atoms with van der Waals surface area (Å²) in [5, 5.41) is 7.00. The second-order valence-corrected chi connectivity index (χ2v) is 5.37. The van der Waals surface area contributed by atoms with Crippen molar-refractivity contribution in [2.24, 2.45) is 7.05 Å². The van der Waals surface area contributed by atoms with E-state index in [0.29, 0.717) is 17.3 Å². The molecule has 6 nitrogen and oxygen atoms in total. The van der Waals surface area contributed by atoms with E-state index in [-0.39, 0.29) is 5.91 Å². The van der Waals surface area contributed by atoms with Crippen LogP contribution in [0.15, 0.2) is 24.5 Å². The van der Waals surface area contributed by atoms with Gasteiger partial charge in [0.05, 0.1) is 5.69 Å². The number of aromatic nitrogens is 3. The third kappa shape index (κ3) is 2.29. The van der Waals surface area contributed by atoms with Crippen LogP contribution in [0.4, 0.5) is 5.69 Å². The van der Waals surface area contributed by atoms with E-state index in [4.69, 9.17) is 5.73 Å². The van der Waals surface area contributed by atoms with Gasteiger partial charge in [0.1, 0.15) is 5.69 Å². The van der Waals surface area contributed by atoms with Crippen LogP contribution in [0.2, 0.25) is 0 Å². The molecule has 2 aromatic heterocycles. The zero-order valence-electron chi connectivity index (χ0n) is 11.5. The molecule has 1 atom stereocenters. The molecular formula is C14H19N5O. The van der Waals surface area contributed by atoms with Gasteiger partial charge in [0.2, 0.25) is 0 Å². The second-order valence-electron chi connectivity index (χ2n) is 5.37. The fraction of sp³-hybridized carbons (Fsp3) is 0.429. The van der Waals surface area contributed by atoms with Crippen LogP contribution in [0.3, 0.4) is 0 Å². The Morgan fingerprint density at radius 3 is 3.05 bits per heavy atom. The first-order valence-electron chi connectivity index (χ1n) is 6.85. The Bertz CT molecular complexity index is 601. The minimum Gasteiger partial charge on any atom is -0.397 e. The molecule has 0 spiro atoms. The van der Waals surface area contributed by atoms with E-state index in [1.54, 1.807) is 23.0 Å². The zero-order valence-corrected chi connectivity index (χ0v) is 11.5. The number of hydrogen-bond donors (Lipinski definition) is 2. The molecule has 6 heteroatoms.